The maximum Gasteiger partial charge on any atom is 0.336 e. The number of esters is 1. The molecule has 1 amide bonds. The van der Waals surface area contributed by atoms with Gasteiger partial charge in [-0.05, 0) is 30.7 Å². The summed E-state index contributed by atoms with van der Waals surface area (Å²) in [7, 11) is 2.85. The molecule has 0 aromatic heterocycles. The van der Waals surface area contributed by atoms with E-state index in [0.29, 0.717) is 27.6 Å². The van der Waals surface area contributed by atoms with Crippen LogP contribution in [0.3, 0.4) is 0 Å². The standard InChI is InChI=1S/C23H24ClNO5/c1-14-19(23(28)30-3)20(15-8-10-16(24)11-9-15)21(22(27)25(14)12-13-26)17-6-4-5-7-18(17)29-2/h4-11,20-21,26H,12-13H2,1-3H3. The lowest BCUT2D eigenvalue weighted by Crippen LogP contribution is -2.44. The monoisotopic (exact) mass is 429 g/mol. The molecule has 2 aromatic carbocycles. The van der Waals surface area contributed by atoms with E-state index in [4.69, 9.17) is 21.1 Å². The molecule has 2 unspecified atom stereocenters. The van der Waals surface area contributed by atoms with Crippen LogP contribution < -0.4 is 4.74 Å². The number of nitrogens with zero attached hydrogens (tertiary/aromatic N) is 1. The highest BCUT2D eigenvalue weighted by Crippen LogP contribution is 2.48. The first-order valence-electron chi connectivity index (χ1n) is 9.54. The fraction of sp³-hybridized carbons (Fsp3) is 0.304. The first kappa shape index (κ1) is 21.9. The Balaban J connectivity index is 2.31. The molecular formula is C23H24ClNO5. The van der Waals surface area contributed by atoms with E-state index in [0.717, 1.165) is 5.56 Å². The highest BCUT2D eigenvalue weighted by atomic mass is 35.5. The van der Waals surface area contributed by atoms with Crippen LogP contribution in [0.25, 0.3) is 0 Å². The molecule has 0 bridgehead atoms. The van der Waals surface area contributed by atoms with Crippen molar-refractivity contribution in [2.24, 2.45) is 0 Å². The van der Waals surface area contributed by atoms with Crippen molar-refractivity contribution in [2.75, 3.05) is 27.4 Å². The van der Waals surface area contributed by atoms with Gasteiger partial charge >= 0.3 is 5.97 Å². The van der Waals surface area contributed by atoms with E-state index < -0.39 is 17.8 Å². The van der Waals surface area contributed by atoms with Crippen LogP contribution in [0.2, 0.25) is 5.02 Å². The number of aliphatic hydroxyl groups excluding tert-OH is 1. The van der Waals surface area contributed by atoms with Crippen molar-refractivity contribution < 1.29 is 24.2 Å². The van der Waals surface area contributed by atoms with Gasteiger partial charge in [-0.3, -0.25) is 4.79 Å². The van der Waals surface area contributed by atoms with Gasteiger partial charge in [0.15, 0.2) is 0 Å². The minimum atomic E-state index is -0.744. The predicted octanol–water partition coefficient (Wildman–Crippen LogP) is 3.50. The van der Waals surface area contributed by atoms with E-state index in [-0.39, 0.29) is 19.1 Å². The largest absolute Gasteiger partial charge is 0.496 e. The summed E-state index contributed by atoms with van der Waals surface area (Å²) in [6.07, 6.45) is 0. The zero-order valence-electron chi connectivity index (χ0n) is 17.1. The second-order valence-corrected chi connectivity index (χ2v) is 7.39. The minimum absolute atomic E-state index is 0.0736. The predicted molar refractivity (Wildman–Crippen MR) is 113 cm³/mol. The molecule has 0 saturated carbocycles. The van der Waals surface area contributed by atoms with E-state index in [2.05, 4.69) is 0 Å². The third-order valence-electron chi connectivity index (χ3n) is 5.40. The third kappa shape index (κ3) is 3.93. The molecule has 0 spiro atoms. The van der Waals surface area contributed by atoms with Crippen molar-refractivity contribution in [3.05, 3.63) is 76.0 Å². The lowest BCUT2D eigenvalue weighted by molar-refractivity contribution is -0.138. The van der Waals surface area contributed by atoms with Gasteiger partial charge < -0.3 is 19.5 Å². The number of allylic oxidation sites excluding steroid dienone is 1. The van der Waals surface area contributed by atoms with Gasteiger partial charge in [-0.2, -0.15) is 0 Å². The second-order valence-electron chi connectivity index (χ2n) is 6.95. The Hall–Kier alpha value is -2.83. The van der Waals surface area contributed by atoms with Crippen LogP contribution in [0.4, 0.5) is 0 Å². The smallest absolute Gasteiger partial charge is 0.336 e. The molecule has 0 radical (unpaired) electrons. The van der Waals surface area contributed by atoms with Crippen LogP contribution in [0.5, 0.6) is 5.75 Å². The number of rotatable bonds is 6. The molecule has 1 aliphatic heterocycles. The van der Waals surface area contributed by atoms with Crippen LogP contribution in [0, 0.1) is 0 Å². The van der Waals surface area contributed by atoms with Crippen molar-refractivity contribution in [2.45, 2.75) is 18.8 Å². The number of methoxy groups -OCH3 is 2. The number of carbonyl (C=O) groups excluding carboxylic acids is 2. The van der Waals surface area contributed by atoms with Crippen molar-refractivity contribution in [3.8, 4) is 5.75 Å². The quantitative estimate of drug-likeness (QED) is 0.711. The molecule has 3 rings (SSSR count). The zero-order chi connectivity index (χ0) is 21.8. The van der Waals surface area contributed by atoms with Crippen LogP contribution in [0.15, 0.2) is 59.8 Å². The van der Waals surface area contributed by atoms with Crippen LogP contribution in [-0.4, -0.2) is 49.3 Å². The van der Waals surface area contributed by atoms with Crippen LogP contribution in [0.1, 0.15) is 29.9 Å². The van der Waals surface area contributed by atoms with Gasteiger partial charge in [0, 0.05) is 28.7 Å². The Morgan fingerprint density at radius 3 is 2.37 bits per heavy atom. The summed E-state index contributed by atoms with van der Waals surface area (Å²) in [5, 5.41) is 10.1. The Morgan fingerprint density at radius 1 is 1.10 bits per heavy atom. The fourth-order valence-corrected chi connectivity index (χ4v) is 4.17. The van der Waals surface area contributed by atoms with Gasteiger partial charge in [-0.1, -0.05) is 41.9 Å². The zero-order valence-corrected chi connectivity index (χ0v) is 17.8. The fourth-order valence-electron chi connectivity index (χ4n) is 4.04. The van der Waals surface area contributed by atoms with E-state index in [1.54, 1.807) is 37.3 Å². The molecule has 158 valence electrons. The van der Waals surface area contributed by atoms with Crippen molar-refractivity contribution in [1.82, 2.24) is 4.90 Å². The Bertz CT molecular complexity index is 970. The van der Waals surface area contributed by atoms with E-state index in [1.807, 2.05) is 18.2 Å². The second kappa shape index (κ2) is 9.32. The number of β-amino-alcohol motifs (C(OH)–C–C–N with tert-alkyl or cyclic N) is 1. The van der Waals surface area contributed by atoms with Gasteiger partial charge in [-0.25, -0.2) is 4.79 Å². The topological polar surface area (TPSA) is 76.1 Å². The number of carbonyl (C=O) groups is 2. The van der Waals surface area contributed by atoms with Crippen molar-refractivity contribution in [1.29, 1.82) is 0 Å². The van der Waals surface area contributed by atoms with Gasteiger partial charge in [0.05, 0.1) is 32.3 Å². The summed E-state index contributed by atoms with van der Waals surface area (Å²) >= 11 is 6.07. The summed E-state index contributed by atoms with van der Waals surface area (Å²) < 4.78 is 10.6. The first-order valence-corrected chi connectivity index (χ1v) is 9.92. The number of hydrogen-bond donors (Lipinski definition) is 1. The van der Waals surface area contributed by atoms with Gasteiger partial charge in [0.25, 0.3) is 0 Å². The summed E-state index contributed by atoms with van der Waals surface area (Å²) in [5.41, 5.74) is 2.24. The molecule has 2 atom stereocenters. The summed E-state index contributed by atoms with van der Waals surface area (Å²) in [6, 6.07) is 14.3. The number of para-hydroxylation sites is 1. The number of aliphatic hydroxyl groups is 1. The van der Waals surface area contributed by atoms with E-state index in [9.17, 15) is 14.7 Å². The maximum absolute atomic E-state index is 13.6. The molecule has 7 heteroatoms. The molecule has 0 aliphatic carbocycles. The lowest BCUT2D eigenvalue weighted by atomic mass is 9.72. The summed E-state index contributed by atoms with van der Waals surface area (Å²) in [4.78, 5) is 28.0. The minimum Gasteiger partial charge on any atom is -0.496 e. The summed E-state index contributed by atoms with van der Waals surface area (Å²) in [5.74, 6) is -1.55. The Morgan fingerprint density at radius 2 is 1.77 bits per heavy atom. The van der Waals surface area contributed by atoms with Crippen molar-refractivity contribution in [3.63, 3.8) is 0 Å². The number of ether oxygens (including phenoxy) is 2. The number of benzene rings is 2. The van der Waals surface area contributed by atoms with E-state index >= 15 is 0 Å². The average Bonchev–Trinajstić information content (AvgIpc) is 2.76. The highest BCUT2D eigenvalue weighted by Gasteiger charge is 2.45. The molecule has 1 heterocycles. The molecular weight excluding hydrogens is 406 g/mol. The molecule has 0 fully saturated rings. The normalized spacial score (nSPS) is 19.1. The van der Waals surface area contributed by atoms with Crippen molar-refractivity contribution >= 4 is 23.5 Å². The molecule has 2 aromatic rings. The SMILES string of the molecule is COC(=O)C1=C(C)N(CCO)C(=O)C(c2ccccc2OC)C1c1ccc(Cl)cc1. The Labute approximate surface area is 180 Å². The number of amides is 1. The molecule has 1 aliphatic rings. The summed E-state index contributed by atoms with van der Waals surface area (Å²) in [6.45, 7) is 1.53. The van der Waals surface area contributed by atoms with Crippen LogP contribution >= 0.6 is 11.6 Å². The maximum atomic E-state index is 13.6. The third-order valence-corrected chi connectivity index (χ3v) is 5.66. The lowest BCUT2D eigenvalue weighted by Gasteiger charge is -2.40. The first-order chi connectivity index (χ1) is 14.4. The number of halogens is 1. The van der Waals surface area contributed by atoms with E-state index in [1.165, 1.54) is 19.1 Å². The average molecular weight is 430 g/mol. The van der Waals surface area contributed by atoms with Gasteiger partial charge in [0.2, 0.25) is 5.91 Å². The molecule has 1 N–H and O–H groups in total. The molecule has 30 heavy (non-hydrogen) atoms. The Kier molecular flexibility index (Phi) is 6.80. The van der Waals surface area contributed by atoms with Gasteiger partial charge in [-0.15, -0.1) is 0 Å². The highest BCUT2D eigenvalue weighted by molar-refractivity contribution is 6.30. The number of hydrogen-bond acceptors (Lipinski definition) is 5. The molecule has 0 saturated heterocycles. The van der Waals surface area contributed by atoms with Gasteiger partial charge in [0.1, 0.15) is 5.75 Å². The molecule has 6 nitrogen and oxygen atoms in total. The van der Waals surface area contributed by atoms with Crippen LogP contribution in [-0.2, 0) is 14.3 Å².